The molecule has 0 saturated heterocycles. The molecule has 2 aromatic rings. The molecule has 0 aliphatic heterocycles. The van der Waals surface area contributed by atoms with Gasteiger partial charge in [-0.3, -0.25) is 0 Å². The summed E-state index contributed by atoms with van der Waals surface area (Å²) in [6.45, 7) is 8.48. The van der Waals surface area contributed by atoms with Crippen molar-refractivity contribution in [3.63, 3.8) is 0 Å². The number of benzene rings is 2. The highest BCUT2D eigenvalue weighted by atomic mass is 16.5. The third kappa shape index (κ3) is 14.4. The van der Waals surface area contributed by atoms with Gasteiger partial charge in [0.25, 0.3) is 0 Å². The number of rotatable bonds is 22. The molecule has 5 heteroatoms. The van der Waals surface area contributed by atoms with Crippen LogP contribution in [-0.2, 0) is 11.8 Å². The maximum Gasteiger partial charge on any atom is 0.120 e. The van der Waals surface area contributed by atoms with Crippen LogP contribution in [0.4, 0.5) is 0 Å². The van der Waals surface area contributed by atoms with Gasteiger partial charge in [-0.2, -0.15) is 15.5 Å². The first-order chi connectivity index (χ1) is 20.7. The zero-order chi connectivity index (χ0) is 31.4. The Labute approximate surface area is 263 Å². The minimum atomic E-state index is -0.513. The minimum absolute atomic E-state index is 0.135. The van der Waals surface area contributed by atoms with Crippen LogP contribution in [0.2, 0.25) is 0 Å². The van der Waals surface area contributed by atoms with Crippen molar-refractivity contribution in [1.82, 2.24) is 0 Å². The molecule has 2 atom stereocenters. The Morgan fingerprint density at radius 1 is 0.791 bits per heavy atom. The van der Waals surface area contributed by atoms with Gasteiger partial charge in [-0.15, -0.1) is 0 Å². The molecule has 0 aromatic heterocycles. The van der Waals surface area contributed by atoms with E-state index in [2.05, 4.69) is 74.3 Å². The summed E-state index contributed by atoms with van der Waals surface area (Å²) in [5.41, 5.74) is 1.60. The molecule has 0 radical (unpaired) electrons. The van der Waals surface area contributed by atoms with Crippen molar-refractivity contribution in [3.8, 4) is 17.6 Å². The topological polar surface area (TPSA) is 67.0 Å². The molecule has 0 N–H and O–H groups in total. The fourth-order valence-corrected chi connectivity index (χ4v) is 5.94. The Bertz CT molecular complexity index is 1100. The van der Waals surface area contributed by atoms with E-state index in [0.717, 1.165) is 62.0 Å². The van der Waals surface area contributed by atoms with E-state index in [1.165, 1.54) is 63.4 Å². The van der Waals surface area contributed by atoms with Gasteiger partial charge in [0.15, 0.2) is 0 Å². The highest BCUT2D eigenvalue weighted by molar-refractivity contribution is 5.38. The van der Waals surface area contributed by atoms with Crippen LogP contribution >= 0.6 is 0 Å². The summed E-state index contributed by atoms with van der Waals surface area (Å²) in [7, 11) is 3.45. The van der Waals surface area contributed by atoms with Crippen LogP contribution in [0.25, 0.3) is 0 Å². The smallest absolute Gasteiger partial charge is 0.120 e. The fraction of sp³-hybridized carbons (Fsp3) is 0.658. The Morgan fingerprint density at radius 2 is 1.42 bits per heavy atom. The van der Waals surface area contributed by atoms with Crippen LogP contribution in [0.15, 0.2) is 58.8 Å². The van der Waals surface area contributed by atoms with Crippen LogP contribution in [0, 0.1) is 11.3 Å². The summed E-state index contributed by atoms with van der Waals surface area (Å²) in [6.07, 6.45) is 18.3. The average molecular weight is 590 g/mol. The number of ether oxygens (including phenoxy) is 2. The third-order valence-electron chi connectivity index (χ3n) is 8.30. The van der Waals surface area contributed by atoms with Crippen molar-refractivity contribution in [1.29, 1.82) is 5.26 Å². The Kier molecular flexibility index (Phi) is 17.0. The molecule has 0 heterocycles. The SMILES string of the molecule is CCCCCCCCCCCCC(C#N)(CCCC(CCc1cccc(OC(C)(C)C)c1)/N=N/C)c1cccc(OC)c1. The quantitative estimate of drug-likeness (QED) is 0.101. The number of nitriles is 1. The fourth-order valence-electron chi connectivity index (χ4n) is 5.94. The van der Waals surface area contributed by atoms with Gasteiger partial charge in [0, 0.05) is 7.05 Å². The number of aryl methyl sites for hydroxylation is 1. The molecule has 2 rings (SSSR count). The van der Waals surface area contributed by atoms with Crippen molar-refractivity contribution < 1.29 is 9.47 Å². The van der Waals surface area contributed by atoms with E-state index < -0.39 is 5.41 Å². The first-order valence-electron chi connectivity index (χ1n) is 16.9. The number of unbranched alkanes of at least 4 members (excludes halogenated alkanes) is 9. The molecular formula is C38H59N3O2. The van der Waals surface area contributed by atoms with Gasteiger partial charge < -0.3 is 9.47 Å². The predicted octanol–water partition coefficient (Wildman–Crippen LogP) is 11.2. The summed E-state index contributed by atoms with van der Waals surface area (Å²) < 4.78 is 11.6. The molecule has 0 fully saturated rings. The van der Waals surface area contributed by atoms with E-state index in [-0.39, 0.29) is 11.6 Å². The van der Waals surface area contributed by atoms with Crippen LogP contribution in [0.5, 0.6) is 11.5 Å². The van der Waals surface area contributed by atoms with E-state index in [0.29, 0.717) is 0 Å². The van der Waals surface area contributed by atoms with Gasteiger partial charge in [-0.25, -0.2) is 0 Å². The Balaban J connectivity index is 1.98. The standard InChI is InChI=1S/C38H59N3O2/c1-7-8-9-10-11-12-13-14-15-16-27-38(31-39,33-21-18-23-35(30-33)42-6)28-19-22-34(41-40-5)26-25-32-20-17-24-36(29-32)43-37(2,3)4/h17-18,20-21,23-24,29-30,34H,7-16,19,22,25-28H2,1-6H3/b41-40+. The molecule has 0 spiro atoms. The second-order valence-corrected chi connectivity index (χ2v) is 13.1. The van der Waals surface area contributed by atoms with Crippen molar-refractivity contribution in [3.05, 3.63) is 59.7 Å². The maximum absolute atomic E-state index is 10.6. The molecule has 2 unspecified atom stereocenters. The molecule has 0 aliphatic carbocycles. The lowest BCUT2D eigenvalue weighted by atomic mass is 9.73. The molecule has 5 nitrogen and oxygen atoms in total. The number of nitrogens with zero attached hydrogens (tertiary/aromatic N) is 3. The van der Waals surface area contributed by atoms with Gasteiger partial charge in [0.1, 0.15) is 17.1 Å². The van der Waals surface area contributed by atoms with Gasteiger partial charge in [-0.1, -0.05) is 95.4 Å². The molecule has 238 valence electrons. The molecule has 2 aromatic carbocycles. The number of hydrogen-bond donors (Lipinski definition) is 0. The minimum Gasteiger partial charge on any atom is -0.497 e. The van der Waals surface area contributed by atoms with Gasteiger partial charge >= 0.3 is 0 Å². The van der Waals surface area contributed by atoms with Crippen molar-refractivity contribution >= 4 is 0 Å². The summed E-state index contributed by atoms with van der Waals surface area (Å²) in [6, 6.07) is 19.5. The van der Waals surface area contributed by atoms with E-state index in [4.69, 9.17) is 9.47 Å². The van der Waals surface area contributed by atoms with Crippen molar-refractivity contribution in [2.75, 3.05) is 14.2 Å². The molecule has 0 bridgehead atoms. The van der Waals surface area contributed by atoms with E-state index in [1.54, 1.807) is 14.2 Å². The van der Waals surface area contributed by atoms with Gasteiger partial charge in [0.2, 0.25) is 0 Å². The van der Waals surface area contributed by atoms with Crippen LogP contribution < -0.4 is 9.47 Å². The summed E-state index contributed by atoms with van der Waals surface area (Å²) >= 11 is 0. The largest absolute Gasteiger partial charge is 0.497 e. The highest BCUT2D eigenvalue weighted by Gasteiger charge is 2.32. The lowest BCUT2D eigenvalue weighted by Gasteiger charge is -2.28. The van der Waals surface area contributed by atoms with Crippen molar-refractivity contribution in [2.45, 2.75) is 147 Å². The average Bonchev–Trinajstić information content (AvgIpc) is 2.99. The summed E-state index contributed by atoms with van der Waals surface area (Å²) in [5, 5.41) is 19.4. The normalized spacial score (nSPS) is 13.9. The molecule has 43 heavy (non-hydrogen) atoms. The monoisotopic (exact) mass is 589 g/mol. The first kappa shape index (κ1) is 36.3. The first-order valence-corrected chi connectivity index (χ1v) is 16.9. The molecule has 0 amide bonds. The Morgan fingerprint density at radius 3 is 2.05 bits per heavy atom. The second-order valence-electron chi connectivity index (χ2n) is 13.1. The summed E-state index contributed by atoms with van der Waals surface area (Å²) in [4.78, 5) is 0. The van der Waals surface area contributed by atoms with E-state index >= 15 is 0 Å². The van der Waals surface area contributed by atoms with Crippen LogP contribution in [-0.4, -0.2) is 25.8 Å². The lowest BCUT2D eigenvalue weighted by molar-refractivity contribution is 0.131. The number of hydrogen-bond acceptors (Lipinski definition) is 5. The van der Waals surface area contributed by atoms with E-state index in [1.807, 2.05) is 18.2 Å². The van der Waals surface area contributed by atoms with Gasteiger partial charge in [-0.05, 0) is 94.7 Å². The highest BCUT2D eigenvalue weighted by Crippen LogP contribution is 2.37. The Hall–Kier alpha value is -2.87. The second kappa shape index (κ2) is 20.2. The number of methoxy groups -OCH3 is 1. The molecule has 0 saturated carbocycles. The molecular weight excluding hydrogens is 530 g/mol. The lowest BCUT2D eigenvalue weighted by Crippen LogP contribution is -2.25. The summed E-state index contributed by atoms with van der Waals surface area (Å²) in [5.74, 6) is 1.72. The zero-order valence-electron chi connectivity index (χ0n) is 28.2. The van der Waals surface area contributed by atoms with Crippen LogP contribution in [0.3, 0.4) is 0 Å². The van der Waals surface area contributed by atoms with Crippen LogP contribution in [0.1, 0.15) is 135 Å². The van der Waals surface area contributed by atoms with E-state index in [9.17, 15) is 5.26 Å². The predicted molar refractivity (Wildman–Crippen MR) is 180 cm³/mol. The van der Waals surface area contributed by atoms with Gasteiger partial charge in [0.05, 0.1) is 24.6 Å². The maximum atomic E-state index is 10.6. The third-order valence-corrected chi connectivity index (χ3v) is 8.30. The van der Waals surface area contributed by atoms with Crippen molar-refractivity contribution in [2.24, 2.45) is 10.2 Å². The molecule has 0 aliphatic rings. The zero-order valence-corrected chi connectivity index (χ0v) is 28.2. The number of azo groups is 1.